The molecule has 1 aliphatic heterocycles. The third-order valence-electron chi connectivity index (χ3n) is 3.64. The lowest BCUT2D eigenvalue weighted by molar-refractivity contribution is -0.144. The number of hydrogen-bond acceptors (Lipinski definition) is 3. The number of esters is 1. The third-order valence-corrected chi connectivity index (χ3v) is 3.64. The molecular formula is C11H19NO2. The number of hydrogen-bond donors (Lipinski definition) is 1. The molecule has 2 rings (SSSR count). The lowest BCUT2D eigenvalue weighted by atomic mass is 9.78. The van der Waals surface area contributed by atoms with E-state index >= 15 is 0 Å². The monoisotopic (exact) mass is 197 g/mol. The Bertz CT molecular complexity index is 217. The van der Waals surface area contributed by atoms with Gasteiger partial charge in [-0.2, -0.15) is 0 Å². The number of carbonyl (C=O) groups excluding carboxylic acids is 1. The van der Waals surface area contributed by atoms with Gasteiger partial charge in [-0.15, -0.1) is 0 Å². The molecule has 3 nitrogen and oxygen atoms in total. The fourth-order valence-electron chi connectivity index (χ4n) is 2.82. The van der Waals surface area contributed by atoms with E-state index in [9.17, 15) is 4.79 Å². The van der Waals surface area contributed by atoms with Gasteiger partial charge in [-0.05, 0) is 31.6 Å². The van der Waals surface area contributed by atoms with Crippen molar-refractivity contribution in [1.82, 2.24) is 5.32 Å². The van der Waals surface area contributed by atoms with E-state index in [1.165, 1.54) is 39.2 Å². The van der Waals surface area contributed by atoms with E-state index < -0.39 is 0 Å². The van der Waals surface area contributed by atoms with Gasteiger partial charge >= 0.3 is 5.97 Å². The van der Waals surface area contributed by atoms with Crippen LogP contribution in [-0.2, 0) is 9.53 Å². The Hall–Kier alpha value is -0.570. The average Bonchev–Trinajstić information content (AvgIpc) is 2.27. The molecule has 0 radical (unpaired) electrons. The van der Waals surface area contributed by atoms with Crippen molar-refractivity contribution in [3.05, 3.63) is 0 Å². The van der Waals surface area contributed by atoms with Gasteiger partial charge in [-0.25, -0.2) is 0 Å². The van der Waals surface area contributed by atoms with E-state index in [1.807, 2.05) is 0 Å². The zero-order valence-electron chi connectivity index (χ0n) is 8.79. The summed E-state index contributed by atoms with van der Waals surface area (Å²) in [5, 5.41) is 3.43. The molecule has 0 amide bonds. The molecule has 1 aliphatic carbocycles. The zero-order chi connectivity index (χ0) is 9.97. The molecule has 0 aromatic carbocycles. The number of nitrogens with one attached hydrogen (secondary N) is 1. The predicted molar refractivity (Wildman–Crippen MR) is 53.9 cm³/mol. The van der Waals surface area contributed by atoms with Crippen LogP contribution in [0.1, 0.15) is 38.5 Å². The Morgan fingerprint density at radius 2 is 2.00 bits per heavy atom. The number of piperidine rings is 1. The Kier molecular flexibility index (Phi) is 3.06. The highest BCUT2D eigenvalue weighted by molar-refractivity contribution is 5.75. The van der Waals surface area contributed by atoms with Gasteiger partial charge in [0.15, 0.2) is 0 Å². The van der Waals surface area contributed by atoms with Gasteiger partial charge in [0.05, 0.1) is 7.11 Å². The molecule has 3 atom stereocenters. The summed E-state index contributed by atoms with van der Waals surface area (Å²) in [5.74, 6) is 0.721. The minimum atomic E-state index is -0.0889. The smallest absolute Gasteiger partial charge is 0.322 e. The Morgan fingerprint density at radius 1 is 1.21 bits per heavy atom. The van der Waals surface area contributed by atoms with Crippen molar-refractivity contribution in [2.45, 2.75) is 50.6 Å². The van der Waals surface area contributed by atoms with Crippen LogP contribution in [-0.4, -0.2) is 25.2 Å². The maximum absolute atomic E-state index is 11.4. The summed E-state index contributed by atoms with van der Waals surface area (Å²) in [5.41, 5.74) is 0. The van der Waals surface area contributed by atoms with Gasteiger partial charge in [0.2, 0.25) is 0 Å². The van der Waals surface area contributed by atoms with Crippen molar-refractivity contribution in [3.63, 3.8) is 0 Å². The van der Waals surface area contributed by atoms with Crippen LogP contribution in [0.15, 0.2) is 0 Å². The maximum atomic E-state index is 11.4. The fourth-order valence-corrected chi connectivity index (χ4v) is 2.82. The van der Waals surface area contributed by atoms with Crippen LogP contribution in [0.25, 0.3) is 0 Å². The summed E-state index contributed by atoms with van der Waals surface area (Å²) in [6.45, 7) is 0. The quantitative estimate of drug-likeness (QED) is 0.647. The van der Waals surface area contributed by atoms with E-state index in [0.29, 0.717) is 6.04 Å². The number of methoxy groups -OCH3 is 1. The minimum absolute atomic E-state index is 0.0423. The second-order valence-electron chi connectivity index (χ2n) is 4.47. The summed E-state index contributed by atoms with van der Waals surface area (Å²) in [6, 6.07) is 0.529. The second-order valence-corrected chi connectivity index (χ2v) is 4.47. The molecule has 1 saturated carbocycles. The van der Waals surface area contributed by atoms with Crippen LogP contribution in [0, 0.1) is 5.92 Å². The third kappa shape index (κ3) is 1.92. The Labute approximate surface area is 85.2 Å². The molecular weight excluding hydrogens is 178 g/mol. The van der Waals surface area contributed by atoms with Gasteiger partial charge in [0.25, 0.3) is 0 Å². The number of fused-ring (bicyclic) bond motifs is 1. The highest BCUT2D eigenvalue weighted by atomic mass is 16.5. The van der Waals surface area contributed by atoms with E-state index in [-0.39, 0.29) is 12.0 Å². The SMILES string of the molecule is COC(=O)C1CCC2CCCCC2N1. The van der Waals surface area contributed by atoms with Gasteiger partial charge in [0.1, 0.15) is 6.04 Å². The average molecular weight is 197 g/mol. The normalized spacial score (nSPS) is 37.4. The molecule has 1 N–H and O–H groups in total. The molecule has 80 valence electrons. The number of rotatable bonds is 1. The first kappa shape index (κ1) is 9.97. The summed E-state index contributed by atoms with van der Waals surface area (Å²) in [7, 11) is 1.47. The van der Waals surface area contributed by atoms with Gasteiger partial charge in [-0.1, -0.05) is 12.8 Å². The Balaban J connectivity index is 1.92. The molecule has 3 heteroatoms. The molecule has 1 heterocycles. The predicted octanol–water partition coefficient (Wildman–Crippen LogP) is 1.47. The first-order valence-electron chi connectivity index (χ1n) is 5.65. The first-order chi connectivity index (χ1) is 6.81. The fraction of sp³-hybridized carbons (Fsp3) is 0.909. The standard InChI is InChI=1S/C11H19NO2/c1-14-11(13)10-7-6-8-4-2-3-5-9(8)12-10/h8-10,12H,2-7H2,1H3. The van der Waals surface area contributed by atoms with Crippen LogP contribution >= 0.6 is 0 Å². The lowest BCUT2D eigenvalue weighted by Crippen LogP contribution is -2.52. The van der Waals surface area contributed by atoms with Crippen LogP contribution in [0.3, 0.4) is 0 Å². The van der Waals surface area contributed by atoms with E-state index in [4.69, 9.17) is 4.74 Å². The molecule has 0 spiro atoms. The van der Waals surface area contributed by atoms with Gasteiger partial charge < -0.3 is 10.1 Å². The van der Waals surface area contributed by atoms with Crippen LogP contribution in [0.4, 0.5) is 0 Å². The maximum Gasteiger partial charge on any atom is 0.322 e. The Morgan fingerprint density at radius 3 is 2.79 bits per heavy atom. The van der Waals surface area contributed by atoms with Crippen LogP contribution < -0.4 is 5.32 Å². The minimum Gasteiger partial charge on any atom is -0.468 e. The van der Waals surface area contributed by atoms with Gasteiger partial charge in [0, 0.05) is 6.04 Å². The second kappa shape index (κ2) is 4.30. The number of ether oxygens (including phenoxy) is 1. The lowest BCUT2D eigenvalue weighted by Gasteiger charge is -2.39. The van der Waals surface area contributed by atoms with Crippen molar-refractivity contribution in [3.8, 4) is 0 Å². The molecule has 14 heavy (non-hydrogen) atoms. The van der Waals surface area contributed by atoms with Crippen molar-refractivity contribution in [1.29, 1.82) is 0 Å². The summed E-state index contributed by atoms with van der Waals surface area (Å²) < 4.78 is 4.77. The van der Waals surface area contributed by atoms with Crippen molar-refractivity contribution >= 4 is 5.97 Å². The molecule has 0 aromatic rings. The molecule has 1 saturated heterocycles. The van der Waals surface area contributed by atoms with Crippen molar-refractivity contribution < 1.29 is 9.53 Å². The summed E-state index contributed by atoms with van der Waals surface area (Å²) in [6.07, 6.45) is 7.39. The van der Waals surface area contributed by atoms with Gasteiger partial charge in [-0.3, -0.25) is 4.79 Å². The van der Waals surface area contributed by atoms with Crippen LogP contribution in [0.2, 0.25) is 0 Å². The van der Waals surface area contributed by atoms with E-state index in [2.05, 4.69) is 5.32 Å². The van der Waals surface area contributed by atoms with E-state index in [1.54, 1.807) is 0 Å². The first-order valence-corrected chi connectivity index (χ1v) is 5.65. The zero-order valence-corrected chi connectivity index (χ0v) is 8.79. The summed E-state index contributed by atoms with van der Waals surface area (Å²) >= 11 is 0. The highest BCUT2D eigenvalue weighted by Gasteiger charge is 2.34. The number of carbonyl (C=O) groups is 1. The molecule has 2 aliphatic rings. The van der Waals surface area contributed by atoms with Crippen molar-refractivity contribution in [2.24, 2.45) is 5.92 Å². The van der Waals surface area contributed by atoms with E-state index in [0.717, 1.165) is 12.3 Å². The molecule has 3 unspecified atom stereocenters. The largest absolute Gasteiger partial charge is 0.468 e. The van der Waals surface area contributed by atoms with Crippen LogP contribution in [0.5, 0.6) is 0 Å². The molecule has 0 aromatic heterocycles. The topological polar surface area (TPSA) is 38.3 Å². The van der Waals surface area contributed by atoms with Crippen molar-refractivity contribution in [2.75, 3.05) is 7.11 Å². The highest BCUT2D eigenvalue weighted by Crippen LogP contribution is 2.32. The molecule has 2 fully saturated rings. The molecule has 0 bridgehead atoms. The summed E-state index contributed by atoms with van der Waals surface area (Å²) in [4.78, 5) is 11.4.